The second kappa shape index (κ2) is 6.46. The molecule has 0 fully saturated rings. The first kappa shape index (κ1) is 11.9. The summed E-state index contributed by atoms with van der Waals surface area (Å²) in [6.07, 6.45) is 2.03. The van der Waals surface area contributed by atoms with Gasteiger partial charge in [-0.15, -0.1) is 0 Å². The third-order valence-corrected chi connectivity index (χ3v) is 2.46. The Morgan fingerprint density at radius 3 is 2.15 bits per heavy atom. The number of nitriles is 2. The maximum Gasteiger partial charge on any atom is 0.0638 e. The van der Waals surface area contributed by atoms with Crippen LogP contribution in [-0.2, 0) is 0 Å². The molecule has 0 spiro atoms. The van der Waals surface area contributed by atoms with Gasteiger partial charge in [-0.2, -0.15) is 10.5 Å². The highest BCUT2D eigenvalue weighted by Gasteiger charge is 2.17. The van der Waals surface area contributed by atoms with Crippen LogP contribution in [0.5, 0.6) is 0 Å². The summed E-state index contributed by atoms with van der Waals surface area (Å²) in [4.78, 5) is 2.12. The molecular weight excluding hydrogens is 162 g/mol. The Balaban J connectivity index is 4.13. The Morgan fingerprint density at radius 2 is 1.77 bits per heavy atom. The minimum Gasteiger partial charge on any atom is -0.299 e. The van der Waals surface area contributed by atoms with E-state index >= 15 is 0 Å². The average molecular weight is 179 g/mol. The number of rotatable bonds is 5. The molecule has 3 nitrogen and oxygen atoms in total. The Bertz CT molecular complexity index is 211. The monoisotopic (exact) mass is 179 g/mol. The second-order valence-corrected chi connectivity index (χ2v) is 3.30. The molecule has 0 heterocycles. The molecule has 0 aromatic heterocycles. The highest BCUT2D eigenvalue weighted by atomic mass is 15.1. The zero-order valence-electron chi connectivity index (χ0n) is 8.62. The van der Waals surface area contributed by atoms with E-state index in [9.17, 15) is 0 Å². The van der Waals surface area contributed by atoms with Crippen LogP contribution in [0.3, 0.4) is 0 Å². The fraction of sp³-hybridized carbons (Fsp3) is 0.800. The summed E-state index contributed by atoms with van der Waals surface area (Å²) >= 11 is 0. The first-order valence-electron chi connectivity index (χ1n) is 4.63. The van der Waals surface area contributed by atoms with Gasteiger partial charge in [0.25, 0.3) is 0 Å². The van der Waals surface area contributed by atoms with E-state index in [1.165, 1.54) is 0 Å². The van der Waals surface area contributed by atoms with Crippen molar-refractivity contribution in [1.82, 2.24) is 4.90 Å². The van der Waals surface area contributed by atoms with E-state index in [0.29, 0.717) is 12.8 Å². The van der Waals surface area contributed by atoms with Gasteiger partial charge in [0.15, 0.2) is 0 Å². The van der Waals surface area contributed by atoms with Crippen LogP contribution in [0.4, 0.5) is 0 Å². The third-order valence-electron chi connectivity index (χ3n) is 2.46. The number of hydrogen-bond acceptors (Lipinski definition) is 3. The van der Waals surface area contributed by atoms with E-state index < -0.39 is 0 Å². The van der Waals surface area contributed by atoms with Crippen LogP contribution in [-0.4, -0.2) is 24.0 Å². The van der Waals surface area contributed by atoms with Crippen molar-refractivity contribution in [2.45, 2.75) is 45.2 Å². The normalized spacial score (nSPS) is 14.6. The quantitative estimate of drug-likeness (QED) is 0.647. The average Bonchev–Trinajstić information content (AvgIpc) is 2.13. The first-order valence-corrected chi connectivity index (χ1v) is 4.63. The van der Waals surface area contributed by atoms with E-state index in [0.717, 1.165) is 6.42 Å². The summed E-state index contributed by atoms with van der Waals surface area (Å²) < 4.78 is 0. The highest BCUT2D eigenvalue weighted by molar-refractivity contribution is 4.86. The van der Waals surface area contributed by atoms with Crippen LogP contribution < -0.4 is 0 Å². The third kappa shape index (κ3) is 3.92. The van der Waals surface area contributed by atoms with Crippen LogP contribution in [0.15, 0.2) is 0 Å². The number of hydrogen-bond donors (Lipinski definition) is 0. The van der Waals surface area contributed by atoms with Gasteiger partial charge in [-0.05, 0) is 20.4 Å². The highest BCUT2D eigenvalue weighted by Crippen LogP contribution is 2.11. The largest absolute Gasteiger partial charge is 0.299 e. The molecule has 0 saturated heterocycles. The molecule has 0 radical (unpaired) electrons. The molecule has 72 valence electrons. The molecule has 0 aromatic rings. The summed E-state index contributed by atoms with van der Waals surface area (Å²) in [6.45, 7) is 4.08. The minimum absolute atomic E-state index is 0.239. The molecule has 0 aliphatic heterocycles. The van der Waals surface area contributed by atoms with Gasteiger partial charge < -0.3 is 0 Å². The minimum atomic E-state index is 0.239. The van der Waals surface area contributed by atoms with Gasteiger partial charge in [0.1, 0.15) is 0 Å². The van der Waals surface area contributed by atoms with Crippen LogP contribution in [0.1, 0.15) is 33.1 Å². The molecule has 0 N–H and O–H groups in total. The molecule has 0 bridgehead atoms. The lowest BCUT2D eigenvalue weighted by molar-refractivity contribution is 0.183. The maximum absolute atomic E-state index is 8.59. The van der Waals surface area contributed by atoms with Crippen LogP contribution >= 0.6 is 0 Å². The lowest BCUT2D eigenvalue weighted by Gasteiger charge is -2.29. The lowest BCUT2D eigenvalue weighted by atomic mass is 10.1. The van der Waals surface area contributed by atoms with Crippen LogP contribution in [0.25, 0.3) is 0 Å². The molecule has 2 unspecified atom stereocenters. The zero-order valence-corrected chi connectivity index (χ0v) is 8.62. The van der Waals surface area contributed by atoms with Gasteiger partial charge in [0.05, 0.1) is 25.0 Å². The van der Waals surface area contributed by atoms with E-state index in [1.807, 2.05) is 14.0 Å². The van der Waals surface area contributed by atoms with Crippen molar-refractivity contribution in [3.05, 3.63) is 0 Å². The van der Waals surface area contributed by atoms with Gasteiger partial charge in [-0.1, -0.05) is 6.92 Å². The summed E-state index contributed by atoms with van der Waals surface area (Å²) in [7, 11) is 1.98. The van der Waals surface area contributed by atoms with Gasteiger partial charge in [-0.25, -0.2) is 0 Å². The van der Waals surface area contributed by atoms with Gasteiger partial charge >= 0.3 is 0 Å². The Kier molecular flexibility index (Phi) is 5.93. The molecule has 2 atom stereocenters. The Morgan fingerprint density at radius 1 is 1.23 bits per heavy atom. The predicted octanol–water partition coefficient (Wildman–Crippen LogP) is 1.91. The SMILES string of the molecule is CCC(CC#N)N(C)C(C)CC#N. The van der Waals surface area contributed by atoms with Crippen molar-refractivity contribution in [2.75, 3.05) is 7.05 Å². The van der Waals surface area contributed by atoms with Crippen LogP contribution in [0.2, 0.25) is 0 Å². The molecule has 13 heavy (non-hydrogen) atoms. The smallest absolute Gasteiger partial charge is 0.0638 e. The van der Waals surface area contributed by atoms with E-state index in [1.54, 1.807) is 0 Å². The molecule has 0 aromatic carbocycles. The Hall–Kier alpha value is -1.06. The van der Waals surface area contributed by atoms with E-state index in [-0.39, 0.29) is 12.1 Å². The molecule has 0 saturated carbocycles. The van der Waals surface area contributed by atoms with E-state index in [4.69, 9.17) is 10.5 Å². The van der Waals surface area contributed by atoms with Crippen molar-refractivity contribution >= 4 is 0 Å². The fourth-order valence-electron chi connectivity index (χ4n) is 1.32. The van der Waals surface area contributed by atoms with Crippen molar-refractivity contribution in [3.63, 3.8) is 0 Å². The summed E-state index contributed by atoms with van der Waals surface area (Å²) in [6, 6.07) is 4.84. The lowest BCUT2D eigenvalue weighted by Crippen LogP contribution is -2.37. The summed E-state index contributed by atoms with van der Waals surface area (Å²) in [5.74, 6) is 0. The van der Waals surface area contributed by atoms with Crippen LogP contribution in [0, 0.1) is 22.7 Å². The standard InChI is InChI=1S/C10H17N3/c1-4-10(6-8-12)13(3)9(2)5-7-11/h9-10H,4-6H2,1-3H3. The van der Waals surface area contributed by atoms with Crippen molar-refractivity contribution in [1.29, 1.82) is 10.5 Å². The predicted molar refractivity (Wildman–Crippen MR) is 51.8 cm³/mol. The van der Waals surface area contributed by atoms with Gasteiger partial charge in [-0.3, -0.25) is 4.90 Å². The van der Waals surface area contributed by atoms with Gasteiger partial charge in [0.2, 0.25) is 0 Å². The molecule has 0 aliphatic carbocycles. The van der Waals surface area contributed by atoms with Crippen molar-refractivity contribution < 1.29 is 0 Å². The van der Waals surface area contributed by atoms with Crippen molar-refractivity contribution in [3.8, 4) is 12.1 Å². The molecule has 0 rings (SSSR count). The zero-order chi connectivity index (χ0) is 10.3. The topological polar surface area (TPSA) is 50.8 Å². The second-order valence-electron chi connectivity index (χ2n) is 3.30. The fourth-order valence-corrected chi connectivity index (χ4v) is 1.32. The Labute approximate surface area is 80.6 Å². The molecular formula is C10H17N3. The molecule has 3 heteroatoms. The molecule has 0 aliphatic rings. The summed E-state index contributed by atoms with van der Waals surface area (Å²) in [5, 5.41) is 17.1. The van der Waals surface area contributed by atoms with E-state index in [2.05, 4.69) is 24.0 Å². The first-order chi connectivity index (χ1) is 6.17. The van der Waals surface area contributed by atoms with Gasteiger partial charge in [0, 0.05) is 12.1 Å². The maximum atomic E-state index is 8.59. The van der Waals surface area contributed by atoms with Crippen molar-refractivity contribution in [2.24, 2.45) is 0 Å². The number of nitrogens with zero attached hydrogens (tertiary/aromatic N) is 3. The molecule has 0 amide bonds. The summed E-state index contributed by atoms with van der Waals surface area (Å²) in [5.41, 5.74) is 0.